The Morgan fingerprint density at radius 3 is 2.56 bits per heavy atom. The molecule has 1 aromatic carbocycles. The van der Waals surface area contributed by atoms with Gasteiger partial charge in [-0.3, -0.25) is 4.79 Å². The van der Waals surface area contributed by atoms with E-state index in [4.69, 9.17) is 4.42 Å². The minimum absolute atomic E-state index is 0.0702. The number of furan rings is 1. The third kappa shape index (κ3) is 3.87. The maximum Gasteiger partial charge on any atom is 0.247 e. The molecule has 1 heterocycles. The fourth-order valence-electron chi connectivity index (χ4n) is 3.29. The van der Waals surface area contributed by atoms with Crippen molar-refractivity contribution in [2.75, 3.05) is 0 Å². The number of hydrogen-bond acceptors (Lipinski definition) is 2. The number of carbonyl (C=O) groups is 1. The third-order valence-corrected chi connectivity index (χ3v) is 5.26. The molecule has 0 aliphatic heterocycles. The molecule has 25 heavy (non-hydrogen) atoms. The van der Waals surface area contributed by atoms with Crippen molar-refractivity contribution in [3.05, 3.63) is 65.1 Å². The molecule has 2 unspecified atom stereocenters. The third-order valence-electron chi connectivity index (χ3n) is 5.26. The molecule has 3 nitrogen and oxygen atoms in total. The molecule has 1 aromatic heterocycles. The maximum atomic E-state index is 12.7. The predicted molar refractivity (Wildman–Crippen MR) is 99.0 cm³/mol. The molecule has 0 spiro atoms. The fourth-order valence-corrected chi connectivity index (χ4v) is 3.29. The molecule has 2 aromatic rings. The van der Waals surface area contributed by atoms with Gasteiger partial charge < -0.3 is 9.32 Å². The van der Waals surface area contributed by atoms with Crippen molar-refractivity contribution in [2.24, 2.45) is 5.92 Å². The molecule has 2 saturated carbocycles. The number of nitrogens with zero attached hydrogens (tertiary/aromatic N) is 1. The normalized spacial score (nSPS) is 22.3. The summed E-state index contributed by atoms with van der Waals surface area (Å²) >= 11 is 0. The average Bonchev–Trinajstić information content (AvgIpc) is 3.52. The summed E-state index contributed by atoms with van der Waals surface area (Å²) in [4.78, 5) is 14.7. The van der Waals surface area contributed by atoms with E-state index >= 15 is 0 Å². The monoisotopic (exact) mass is 335 g/mol. The molecule has 0 N–H and O–H groups in total. The smallest absolute Gasteiger partial charge is 0.247 e. The van der Waals surface area contributed by atoms with Gasteiger partial charge in [0.05, 0.1) is 0 Å². The first-order chi connectivity index (χ1) is 12.1. The van der Waals surface area contributed by atoms with Crippen LogP contribution in [0, 0.1) is 12.8 Å². The van der Waals surface area contributed by atoms with Crippen LogP contribution >= 0.6 is 0 Å². The highest BCUT2D eigenvalue weighted by molar-refractivity contribution is 5.91. The minimum atomic E-state index is 0.0702. The van der Waals surface area contributed by atoms with E-state index < -0.39 is 0 Å². The Bertz CT molecular complexity index is 783. The van der Waals surface area contributed by atoms with Crippen LogP contribution in [0.2, 0.25) is 0 Å². The molecular formula is C22H25NO2. The molecule has 0 radical (unpaired) electrons. The molecule has 4 rings (SSSR count). The van der Waals surface area contributed by atoms with Crippen molar-refractivity contribution in [3.8, 4) is 0 Å². The van der Waals surface area contributed by atoms with Crippen LogP contribution in [-0.2, 0) is 11.3 Å². The van der Waals surface area contributed by atoms with Gasteiger partial charge in [-0.1, -0.05) is 36.8 Å². The van der Waals surface area contributed by atoms with Crippen LogP contribution < -0.4 is 0 Å². The van der Waals surface area contributed by atoms with E-state index in [1.165, 1.54) is 17.5 Å². The van der Waals surface area contributed by atoms with Gasteiger partial charge in [0.25, 0.3) is 0 Å². The van der Waals surface area contributed by atoms with Gasteiger partial charge in [-0.2, -0.15) is 0 Å². The first kappa shape index (κ1) is 16.2. The largest absolute Gasteiger partial charge is 0.461 e. The van der Waals surface area contributed by atoms with Gasteiger partial charge in [0.1, 0.15) is 11.5 Å². The summed E-state index contributed by atoms with van der Waals surface area (Å²) in [5.41, 5.74) is 2.42. The first-order valence-corrected chi connectivity index (χ1v) is 9.24. The quantitative estimate of drug-likeness (QED) is 0.702. The fraction of sp³-hybridized carbons (Fsp3) is 0.409. The van der Waals surface area contributed by atoms with Crippen molar-refractivity contribution in [3.63, 3.8) is 0 Å². The van der Waals surface area contributed by atoms with Crippen LogP contribution in [0.3, 0.4) is 0 Å². The van der Waals surface area contributed by atoms with E-state index in [-0.39, 0.29) is 5.91 Å². The Kier molecular flexibility index (Phi) is 4.24. The molecule has 130 valence electrons. The Morgan fingerprint density at radius 2 is 1.92 bits per heavy atom. The number of aryl methyl sites for hydroxylation is 1. The van der Waals surface area contributed by atoms with Gasteiger partial charge in [0, 0.05) is 24.6 Å². The van der Waals surface area contributed by atoms with Crippen LogP contribution in [0.1, 0.15) is 54.8 Å². The van der Waals surface area contributed by atoms with Crippen molar-refractivity contribution in [1.29, 1.82) is 0 Å². The van der Waals surface area contributed by atoms with Crippen LogP contribution in [0.5, 0.6) is 0 Å². The number of benzene rings is 1. The Labute approximate surface area is 149 Å². The topological polar surface area (TPSA) is 33.5 Å². The van der Waals surface area contributed by atoms with E-state index in [1.54, 1.807) is 6.08 Å². The molecular weight excluding hydrogens is 310 g/mol. The molecule has 0 saturated heterocycles. The summed E-state index contributed by atoms with van der Waals surface area (Å²) in [6.07, 6.45) is 6.89. The van der Waals surface area contributed by atoms with Crippen LogP contribution in [0.4, 0.5) is 0 Å². The SMILES string of the molecule is Cc1ccc(CN(C(=O)/C=C/c2ccc(C3CC3C)o2)C2CC2)cc1. The van der Waals surface area contributed by atoms with Crippen LogP contribution in [0.15, 0.2) is 46.9 Å². The molecule has 2 aliphatic rings. The van der Waals surface area contributed by atoms with Gasteiger partial charge in [0.2, 0.25) is 5.91 Å². The molecule has 2 aliphatic carbocycles. The van der Waals surface area contributed by atoms with Gasteiger partial charge in [-0.15, -0.1) is 0 Å². The summed E-state index contributed by atoms with van der Waals surface area (Å²) in [5, 5.41) is 0. The van der Waals surface area contributed by atoms with Crippen molar-refractivity contribution >= 4 is 12.0 Å². The zero-order valence-corrected chi connectivity index (χ0v) is 14.9. The van der Waals surface area contributed by atoms with Gasteiger partial charge in [-0.25, -0.2) is 0 Å². The highest BCUT2D eigenvalue weighted by Gasteiger charge is 2.36. The van der Waals surface area contributed by atoms with E-state index in [0.717, 1.165) is 30.3 Å². The average molecular weight is 335 g/mol. The lowest BCUT2D eigenvalue weighted by atomic mass is 10.1. The van der Waals surface area contributed by atoms with Crippen molar-refractivity contribution in [2.45, 2.75) is 51.6 Å². The molecule has 2 atom stereocenters. The summed E-state index contributed by atoms with van der Waals surface area (Å²) in [5.74, 6) is 3.19. The lowest BCUT2D eigenvalue weighted by Crippen LogP contribution is -2.31. The first-order valence-electron chi connectivity index (χ1n) is 9.24. The lowest BCUT2D eigenvalue weighted by Gasteiger charge is -2.21. The van der Waals surface area contributed by atoms with Gasteiger partial charge in [0.15, 0.2) is 0 Å². The molecule has 1 amide bonds. The molecule has 2 fully saturated rings. The highest BCUT2D eigenvalue weighted by atomic mass is 16.3. The Morgan fingerprint density at radius 1 is 1.20 bits per heavy atom. The second kappa shape index (κ2) is 6.55. The number of amides is 1. The van der Waals surface area contributed by atoms with Gasteiger partial charge >= 0.3 is 0 Å². The zero-order chi connectivity index (χ0) is 17.4. The standard InChI is InChI=1S/C22H25NO2/c1-15-3-5-17(6-4-15)14-23(18-7-8-18)22(24)12-10-19-9-11-21(25-19)20-13-16(20)2/h3-6,9-12,16,18,20H,7-8,13-14H2,1-2H3/b12-10+. The lowest BCUT2D eigenvalue weighted by molar-refractivity contribution is -0.127. The number of hydrogen-bond donors (Lipinski definition) is 0. The van der Waals surface area contributed by atoms with Crippen molar-refractivity contribution < 1.29 is 9.21 Å². The van der Waals surface area contributed by atoms with Crippen LogP contribution in [-0.4, -0.2) is 16.8 Å². The summed E-state index contributed by atoms with van der Waals surface area (Å²) in [7, 11) is 0. The van der Waals surface area contributed by atoms with Crippen LogP contribution in [0.25, 0.3) is 6.08 Å². The van der Waals surface area contributed by atoms with E-state index in [9.17, 15) is 4.79 Å². The maximum absolute atomic E-state index is 12.7. The highest BCUT2D eigenvalue weighted by Crippen LogP contribution is 2.47. The second-order valence-electron chi connectivity index (χ2n) is 7.58. The van der Waals surface area contributed by atoms with Crippen molar-refractivity contribution in [1.82, 2.24) is 4.90 Å². The van der Waals surface area contributed by atoms with Gasteiger partial charge in [-0.05, 0) is 55.9 Å². The summed E-state index contributed by atoms with van der Waals surface area (Å²) in [6, 6.07) is 12.8. The minimum Gasteiger partial charge on any atom is -0.461 e. The molecule has 0 bridgehead atoms. The second-order valence-corrected chi connectivity index (χ2v) is 7.58. The molecule has 3 heteroatoms. The van der Waals surface area contributed by atoms with E-state index in [2.05, 4.69) is 38.1 Å². The summed E-state index contributed by atoms with van der Waals surface area (Å²) in [6.45, 7) is 5.00. The zero-order valence-electron chi connectivity index (χ0n) is 14.9. The van der Waals surface area contributed by atoms with E-state index in [1.807, 2.05) is 23.1 Å². The van der Waals surface area contributed by atoms with E-state index in [0.29, 0.717) is 18.5 Å². The Hall–Kier alpha value is -2.29. The number of rotatable bonds is 6. The number of carbonyl (C=O) groups excluding carboxylic acids is 1. The summed E-state index contributed by atoms with van der Waals surface area (Å²) < 4.78 is 5.86. The Balaban J connectivity index is 1.42. The predicted octanol–water partition coefficient (Wildman–Crippen LogP) is 4.92.